The molecule has 2 aromatic carbocycles. The molecule has 0 saturated carbocycles. The quantitative estimate of drug-likeness (QED) is 0.505. The molecular formula is C21H20FNO6S. The third kappa shape index (κ3) is 5.25. The van der Waals surface area contributed by atoms with E-state index in [-0.39, 0.29) is 35.4 Å². The van der Waals surface area contributed by atoms with E-state index in [1.165, 1.54) is 44.4 Å². The van der Waals surface area contributed by atoms with Crippen molar-refractivity contribution >= 4 is 16.0 Å². The number of hydrogen-bond donors (Lipinski definition) is 0. The van der Waals surface area contributed by atoms with E-state index in [2.05, 4.69) is 0 Å². The maximum absolute atomic E-state index is 13.0. The van der Waals surface area contributed by atoms with E-state index < -0.39 is 16.0 Å². The van der Waals surface area contributed by atoms with Gasteiger partial charge in [0.1, 0.15) is 30.5 Å². The number of hydrogen-bond acceptors (Lipinski definition) is 6. The molecule has 0 aliphatic rings. The fourth-order valence-corrected chi connectivity index (χ4v) is 3.25. The Hall–Kier alpha value is -3.17. The zero-order valence-corrected chi connectivity index (χ0v) is 17.2. The molecule has 0 N–H and O–H groups in total. The smallest absolute Gasteiger partial charge is 0.338 e. The van der Waals surface area contributed by atoms with Gasteiger partial charge in [-0.2, -0.15) is 0 Å². The van der Waals surface area contributed by atoms with Gasteiger partial charge >= 0.3 is 5.97 Å². The number of carbonyl (C=O) groups is 1. The second kappa shape index (κ2) is 9.10. The van der Waals surface area contributed by atoms with Crippen LogP contribution >= 0.6 is 0 Å². The molecule has 9 heteroatoms. The van der Waals surface area contributed by atoms with Gasteiger partial charge in [-0.25, -0.2) is 21.9 Å². The van der Waals surface area contributed by atoms with Crippen molar-refractivity contribution in [1.82, 2.24) is 4.31 Å². The van der Waals surface area contributed by atoms with E-state index in [0.717, 1.165) is 9.87 Å². The Balaban J connectivity index is 1.59. The van der Waals surface area contributed by atoms with Gasteiger partial charge in [-0.1, -0.05) is 18.2 Å². The minimum absolute atomic E-state index is 0.201. The maximum atomic E-state index is 13.0. The summed E-state index contributed by atoms with van der Waals surface area (Å²) in [5, 5.41) is -0.227. The monoisotopic (exact) mass is 433 g/mol. The van der Waals surface area contributed by atoms with Gasteiger partial charge in [-0.05, 0) is 48.0 Å². The zero-order valence-electron chi connectivity index (χ0n) is 16.4. The van der Waals surface area contributed by atoms with Crippen LogP contribution in [0.5, 0.6) is 5.75 Å². The molecule has 0 fully saturated rings. The third-order valence-corrected chi connectivity index (χ3v) is 5.80. The van der Waals surface area contributed by atoms with Gasteiger partial charge in [0.2, 0.25) is 5.09 Å². The Morgan fingerprint density at radius 3 is 2.47 bits per heavy atom. The molecule has 0 unspecified atom stereocenters. The highest BCUT2D eigenvalue weighted by Gasteiger charge is 2.22. The molecule has 0 aliphatic carbocycles. The van der Waals surface area contributed by atoms with Crippen molar-refractivity contribution in [2.24, 2.45) is 0 Å². The third-order valence-electron chi connectivity index (χ3n) is 4.11. The Labute approximate surface area is 173 Å². The normalized spacial score (nSPS) is 11.5. The van der Waals surface area contributed by atoms with Gasteiger partial charge in [0.15, 0.2) is 0 Å². The lowest BCUT2D eigenvalue weighted by atomic mass is 10.2. The Kier molecular flexibility index (Phi) is 6.53. The van der Waals surface area contributed by atoms with Crippen molar-refractivity contribution in [1.29, 1.82) is 0 Å². The molecule has 0 spiro atoms. The number of rotatable bonds is 8. The number of ether oxygens (including phenoxy) is 2. The summed E-state index contributed by atoms with van der Waals surface area (Å²) < 4.78 is 54.1. The largest absolute Gasteiger partial charge is 0.489 e. The minimum atomic E-state index is -3.70. The standard InChI is InChI=1S/C21H20FNO6S/c1-23(2)30(25,26)20-11-10-19(29-20)14-28-21(24)16-4-3-5-18(12-16)27-13-15-6-8-17(22)9-7-15/h3-12H,13-14H2,1-2H3. The van der Waals surface area contributed by atoms with Crippen LogP contribution < -0.4 is 4.74 Å². The summed E-state index contributed by atoms with van der Waals surface area (Å²) >= 11 is 0. The SMILES string of the molecule is CN(C)S(=O)(=O)c1ccc(COC(=O)c2cccc(OCc3ccc(F)cc3)c2)o1. The number of sulfonamides is 1. The van der Waals surface area contributed by atoms with Crippen LogP contribution in [0.4, 0.5) is 4.39 Å². The van der Waals surface area contributed by atoms with Crippen LogP contribution in [0.2, 0.25) is 0 Å². The van der Waals surface area contributed by atoms with Crippen LogP contribution in [0.15, 0.2) is 70.2 Å². The highest BCUT2D eigenvalue weighted by molar-refractivity contribution is 7.88. The maximum Gasteiger partial charge on any atom is 0.338 e. The van der Waals surface area contributed by atoms with Crippen molar-refractivity contribution < 1.29 is 31.5 Å². The van der Waals surface area contributed by atoms with E-state index >= 15 is 0 Å². The van der Waals surface area contributed by atoms with Crippen molar-refractivity contribution in [3.05, 3.63) is 83.4 Å². The molecule has 0 bridgehead atoms. The molecule has 7 nitrogen and oxygen atoms in total. The Bertz CT molecular complexity index is 1120. The minimum Gasteiger partial charge on any atom is -0.489 e. The van der Waals surface area contributed by atoms with Gasteiger partial charge in [-0.15, -0.1) is 0 Å². The second-order valence-electron chi connectivity index (χ2n) is 6.53. The Morgan fingerprint density at radius 2 is 1.77 bits per heavy atom. The fraction of sp³-hybridized carbons (Fsp3) is 0.190. The predicted octanol–water partition coefficient (Wildman–Crippen LogP) is 3.61. The lowest BCUT2D eigenvalue weighted by Crippen LogP contribution is -2.21. The zero-order chi connectivity index (χ0) is 21.7. The summed E-state index contributed by atoms with van der Waals surface area (Å²) in [5.74, 6) is -0.291. The topological polar surface area (TPSA) is 86.0 Å². The molecule has 0 aliphatic heterocycles. The van der Waals surface area contributed by atoms with Crippen LogP contribution in [0.25, 0.3) is 0 Å². The molecule has 30 heavy (non-hydrogen) atoms. The Morgan fingerprint density at radius 1 is 1.03 bits per heavy atom. The van der Waals surface area contributed by atoms with Crippen LogP contribution in [-0.2, 0) is 28.0 Å². The molecule has 0 atom stereocenters. The van der Waals surface area contributed by atoms with Crippen molar-refractivity contribution in [3.8, 4) is 5.75 Å². The number of nitrogens with zero attached hydrogens (tertiary/aromatic N) is 1. The first-order valence-corrected chi connectivity index (χ1v) is 10.4. The summed E-state index contributed by atoms with van der Waals surface area (Å²) in [5.41, 5.74) is 1.05. The number of esters is 1. The van der Waals surface area contributed by atoms with Crippen molar-refractivity contribution in [3.63, 3.8) is 0 Å². The molecule has 3 rings (SSSR count). The first-order valence-electron chi connectivity index (χ1n) is 8.91. The lowest BCUT2D eigenvalue weighted by molar-refractivity contribution is 0.0440. The van der Waals surface area contributed by atoms with Crippen LogP contribution in [0.3, 0.4) is 0 Å². The number of benzene rings is 2. The summed E-state index contributed by atoms with van der Waals surface area (Å²) in [6.45, 7) is -0.00323. The number of halogens is 1. The van der Waals surface area contributed by atoms with Crippen LogP contribution in [0, 0.1) is 5.82 Å². The summed E-state index contributed by atoms with van der Waals surface area (Å²) in [6.07, 6.45) is 0. The summed E-state index contributed by atoms with van der Waals surface area (Å²) in [7, 11) is -0.912. The molecule has 0 saturated heterocycles. The molecule has 0 amide bonds. The molecular weight excluding hydrogens is 413 g/mol. The van der Waals surface area contributed by atoms with E-state index in [9.17, 15) is 17.6 Å². The average Bonchev–Trinajstić information content (AvgIpc) is 3.21. The second-order valence-corrected chi connectivity index (χ2v) is 8.61. The summed E-state index contributed by atoms with van der Waals surface area (Å²) in [6, 6.07) is 15.1. The molecule has 3 aromatic rings. The van der Waals surface area contributed by atoms with Gasteiger partial charge in [0.25, 0.3) is 10.0 Å². The predicted molar refractivity (Wildman–Crippen MR) is 106 cm³/mol. The molecule has 158 valence electrons. The first-order chi connectivity index (χ1) is 14.3. The molecule has 0 radical (unpaired) electrons. The number of carbonyl (C=O) groups excluding carboxylic acids is 1. The average molecular weight is 433 g/mol. The first kappa shape index (κ1) is 21.5. The molecule has 1 aromatic heterocycles. The van der Waals surface area contributed by atoms with Gasteiger partial charge in [0.05, 0.1) is 5.56 Å². The van der Waals surface area contributed by atoms with E-state index in [0.29, 0.717) is 5.75 Å². The van der Waals surface area contributed by atoms with Crippen molar-refractivity contribution in [2.75, 3.05) is 14.1 Å². The van der Waals surface area contributed by atoms with Crippen LogP contribution in [-0.4, -0.2) is 32.8 Å². The van der Waals surface area contributed by atoms with E-state index in [4.69, 9.17) is 13.9 Å². The van der Waals surface area contributed by atoms with E-state index in [1.54, 1.807) is 30.3 Å². The van der Waals surface area contributed by atoms with Crippen molar-refractivity contribution in [2.45, 2.75) is 18.3 Å². The highest BCUT2D eigenvalue weighted by atomic mass is 32.2. The van der Waals surface area contributed by atoms with Gasteiger partial charge in [0, 0.05) is 14.1 Å². The lowest BCUT2D eigenvalue weighted by Gasteiger charge is -2.09. The highest BCUT2D eigenvalue weighted by Crippen LogP contribution is 2.19. The number of furan rings is 1. The van der Waals surface area contributed by atoms with Gasteiger partial charge < -0.3 is 13.9 Å². The van der Waals surface area contributed by atoms with E-state index in [1.807, 2.05) is 0 Å². The van der Waals surface area contributed by atoms with Crippen LogP contribution in [0.1, 0.15) is 21.7 Å². The molecule has 1 heterocycles. The summed E-state index contributed by atoms with van der Waals surface area (Å²) in [4.78, 5) is 12.3. The van der Waals surface area contributed by atoms with Gasteiger partial charge in [-0.3, -0.25) is 0 Å². The fourth-order valence-electron chi connectivity index (χ4n) is 2.43.